The van der Waals surface area contributed by atoms with E-state index < -0.39 is 0 Å². The van der Waals surface area contributed by atoms with Crippen molar-refractivity contribution in [2.24, 2.45) is 7.05 Å². The highest BCUT2D eigenvalue weighted by Crippen LogP contribution is 2.29. The van der Waals surface area contributed by atoms with Gasteiger partial charge in [-0.3, -0.25) is 4.79 Å². The van der Waals surface area contributed by atoms with Gasteiger partial charge in [-0.25, -0.2) is 0 Å². The fourth-order valence-electron chi connectivity index (χ4n) is 1.93. The van der Waals surface area contributed by atoms with Crippen LogP contribution in [-0.2, 0) is 7.05 Å². The van der Waals surface area contributed by atoms with Crippen molar-refractivity contribution in [3.8, 4) is 11.5 Å². The van der Waals surface area contributed by atoms with Gasteiger partial charge in [0.05, 0.1) is 19.9 Å². The van der Waals surface area contributed by atoms with Gasteiger partial charge in [0.1, 0.15) is 17.2 Å². The zero-order valence-electron chi connectivity index (χ0n) is 12.1. The first-order valence-corrected chi connectivity index (χ1v) is 6.22. The lowest BCUT2D eigenvalue weighted by Crippen LogP contribution is -2.16. The SMILES string of the molecule is COc1ccc(NC(=O)c2ccc(C)n2C)c(OC)c1. The molecule has 2 aromatic rings. The van der Waals surface area contributed by atoms with Gasteiger partial charge in [0.25, 0.3) is 5.91 Å². The topological polar surface area (TPSA) is 52.5 Å². The summed E-state index contributed by atoms with van der Waals surface area (Å²) in [5.74, 6) is 1.06. The van der Waals surface area contributed by atoms with E-state index in [1.165, 1.54) is 0 Å². The quantitative estimate of drug-likeness (QED) is 0.932. The van der Waals surface area contributed by atoms with Gasteiger partial charge in [0.15, 0.2) is 0 Å². The van der Waals surface area contributed by atoms with Crippen LogP contribution in [0.15, 0.2) is 30.3 Å². The van der Waals surface area contributed by atoms with Crippen LogP contribution in [0.2, 0.25) is 0 Å². The minimum Gasteiger partial charge on any atom is -0.497 e. The molecule has 0 radical (unpaired) electrons. The minimum absolute atomic E-state index is 0.177. The van der Waals surface area contributed by atoms with Gasteiger partial charge < -0.3 is 19.4 Å². The number of hydrogen-bond donors (Lipinski definition) is 1. The van der Waals surface area contributed by atoms with Crippen molar-refractivity contribution in [1.82, 2.24) is 4.57 Å². The lowest BCUT2D eigenvalue weighted by molar-refractivity contribution is 0.101. The van der Waals surface area contributed by atoms with Crippen molar-refractivity contribution in [3.05, 3.63) is 41.7 Å². The predicted molar refractivity (Wildman–Crippen MR) is 77.6 cm³/mol. The van der Waals surface area contributed by atoms with Gasteiger partial charge in [-0.05, 0) is 31.2 Å². The van der Waals surface area contributed by atoms with Crippen molar-refractivity contribution in [3.63, 3.8) is 0 Å². The molecule has 0 unspecified atom stereocenters. The van der Waals surface area contributed by atoms with Crippen LogP contribution in [0.1, 0.15) is 16.2 Å². The average Bonchev–Trinajstić information content (AvgIpc) is 2.79. The third kappa shape index (κ3) is 2.61. The van der Waals surface area contributed by atoms with Crippen molar-refractivity contribution in [1.29, 1.82) is 0 Å². The van der Waals surface area contributed by atoms with E-state index in [0.29, 0.717) is 22.9 Å². The van der Waals surface area contributed by atoms with Gasteiger partial charge >= 0.3 is 0 Å². The highest BCUT2D eigenvalue weighted by atomic mass is 16.5. The number of amides is 1. The molecule has 0 aliphatic heterocycles. The van der Waals surface area contributed by atoms with Gasteiger partial charge in [0, 0.05) is 18.8 Å². The molecule has 0 saturated carbocycles. The van der Waals surface area contributed by atoms with E-state index in [-0.39, 0.29) is 5.91 Å². The van der Waals surface area contributed by atoms with Crippen LogP contribution < -0.4 is 14.8 Å². The molecule has 5 heteroatoms. The van der Waals surface area contributed by atoms with E-state index in [1.807, 2.05) is 24.6 Å². The van der Waals surface area contributed by atoms with Crippen LogP contribution in [0.3, 0.4) is 0 Å². The number of anilines is 1. The number of aromatic nitrogens is 1. The Labute approximate surface area is 118 Å². The Bertz CT molecular complexity index is 632. The van der Waals surface area contributed by atoms with Gasteiger partial charge in [-0.1, -0.05) is 0 Å². The second-order valence-corrected chi connectivity index (χ2v) is 4.44. The van der Waals surface area contributed by atoms with Crippen LogP contribution in [-0.4, -0.2) is 24.7 Å². The Kier molecular flexibility index (Phi) is 3.98. The summed E-state index contributed by atoms with van der Waals surface area (Å²) in [5, 5.41) is 2.84. The average molecular weight is 274 g/mol. The zero-order chi connectivity index (χ0) is 14.7. The molecule has 20 heavy (non-hydrogen) atoms. The number of rotatable bonds is 4. The molecule has 0 saturated heterocycles. The number of hydrogen-bond acceptors (Lipinski definition) is 3. The maximum absolute atomic E-state index is 12.3. The highest BCUT2D eigenvalue weighted by molar-refractivity contribution is 6.04. The molecule has 5 nitrogen and oxygen atoms in total. The largest absolute Gasteiger partial charge is 0.497 e. The summed E-state index contributed by atoms with van der Waals surface area (Å²) in [6.07, 6.45) is 0. The first kappa shape index (κ1) is 14.0. The number of nitrogens with one attached hydrogen (secondary N) is 1. The summed E-state index contributed by atoms with van der Waals surface area (Å²) >= 11 is 0. The summed E-state index contributed by atoms with van der Waals surface area (Å²) < 4.78 is 12.2. The predicted octanol–water partition coefficient (Wildman–Crippen LogP) is 2.60. The van der Waals surface area contributed by atoms with Crippen molar-refractivity contribution in [2.75, 3.05) is 19.5 Å². The highest BCUT2D eigenvalue weighted by Gasteiger charge is 2.13. The second kappa shape index (κ2) is 5.69. The van der Waals surface area contributed by atoms with Crippen LogP contribution >= 0.6 is 0 Å². The molecule has 1 amide bonds. The Morgan fingerprint density at radius 1 is 1.15 bits per heavy atom. The van der Waals surface area contributed by atoms with E-state index in [0.717, 1.165) is 5.69 Å². The third-order valence-corrected chi connectivity index (χ3v) is 3.26. The molecule has 106 valence electrons. The van der Waals surface area contributed by atoms with E-state index in [2.05, 4.69) is 5.32 Å². The van der Waals surface area contributed by atoms with Crippen LogP contribution in [0.4, 0.5) is 5.69 Å². The standard InChI is InChI=1S/C15H18N2O3/c1-10-5-8-13(17(10)2)15(18)16-12-7-6-11(19-3)9-14(12)20-4/h5-9H,1-4H3,(H,16,18). The lowest BCUT2D eigenvalue weighted by atomic mass is 10.2. The van der Waals surface area contributed by atoms with Gasteiger partial charge in [0.2, 0.25) is 0 Å². The first-order valence-electron chi connectivity index (χ1n) is 6.22. The molecule has 0 atom stereocenters. The zero-order valence-corrected chi connectivity index (χ0v) is 12.1. The number of carbonyl (C=O) groups excluding carboxylic acids is 1. The Balaban J connectivity index is 2.25. The molecule has 0 aliphatic carbocycles. The smallest absolute Gasteiger partial charge is 0.272 e. The van der Waals surface area contributed by atoms with Gasteiger partial charge in [-0.2, -0.15) is 0 Å². The molecular weight excluding hydrogens is 256 g/mol. The summed E-state index contributed by atoms with van der Waals surface area (Å²) in [4.78, 5) is 12.3. The lowest BCUT2D eigenvalue weighted by Gasteiger charge is -2.12. The van der Waals surface area contributed by atoms with E-state index in [9.17, 15) is 4.79 Å². The monoisotopic (exact) mass is 274 g/mol. The van der Waals surface area contributed by atoms with Crippen molar-refractivity contribution in [2.45, 2.75) is 6.92 Å². The molecular formula is C15H18N2O3. The fourth-order valence-corrected chi connectivity index (χ4v) is 1.93. The molecule has 2 rings (SSSR count). The number of benzene rings is 1. The Morgan fingerprint density at radius 3 is 2.45 bits per heavy atom. The van der Waals surface area contributed by atoms with Crippen LogP contribution in [0.5, 0.6) is 11.5 Å². The first-order chi connectivity index (χ1) is 9.56. The number of nitrogens with zero attached hydrogens (tertiary/aromatic N) is 1. The fraction of sp³-hybridized carbons (Fsp3) is 0.267. The summed E-state index contributed by atoms with van der Waals surface area (Å²) in [5.41, 5.74) is 2.23. The normalized spacial score (nSPS) is 10.2. The van der Waals surface area contributed by atoms with E-state index in [4.69, 9.17) is 9.47 Å². The van der Waals surface area contributed by atoms with Crippen LogP contribution in [0, 0.1) is 6.92 Å². The molecule has 0 bridgehead atoms. The van der Waals surface area contributed by atoms with Gasteiger partial charge in [-0.15, -0.1) is 0 Å². The third-order valence-electron chi connectivity index (χ3n) is 3.26. The Hall–Kier alpha value is -2.43. The molecule has 1 aromatic carbocycles. The summed E-state index contributed by atoms with van der Waals surface area (Å²) in [7, 11) is 4.99. The molecule has 0 aliphatic rings. The molecule has 1 aromatic heterocycles. The molecule has 1 heterocycles. The second-order valence-electron chi connectivity index (χ2n) is 4.44. The number of ether oxygens (including phenoxy) is 2. The molecule has 0 fully saturated rings. The maximum Gasteiger partial charge on any atom is 0.272 e. The van der Waals surface area contributed by atoms with E-state index in [1.54, 1.807) is 38.5 Å². The van der Waals surface area contributed by atoms with Crippen molar-refractivity contribution < 1.29 is 14.3 Å². The summed E-state index contributed by atoms with van der Waals surface area (Å²) in [6, 6.07) is 8.95. The number of carbonyl (C=O) groups is 1. The maximum atomic E-state index is 12.3. The van der Waals surface area contributed by atoms with Crippen LogP contribution in [0.25, 0.3) is 0 Å². The van der Waals surface area contributed by atoms with Crippen molar-refractivity contribution >= 4 is 11.6 Å². The minimum atomic E-state index is -0.177. The Morgan fingerprint density at radius 2 is 1.90 bits per heavy atom. The summed E-state index contributed by atoms with van der Waals surface area (Å²) in [6.45, 7) is 1.95. The molecule has 0 spiro atoms. The van der Waals surface area contributed by atoms with E-state index >= 15 is 0 Å². The number of aryl methyl sites for hydroxylation is 1. The molecule has 1 N–H and O–H groups in total. The number of methoxy groups -OCH3 is 2.